The first-order valence-electron chi connectivity index (χ1n) is 7.42. The van der Waals surface area contributed by atoms with Crippen molar-refractivity contribution in [3.05, 3.63) is 61.0 Å². The maximum atomic E-state index is 12.1. The Hall–Kier alpha value is -2.67. The number of ether oxygens (including phenoxy) is 2. The maximum absolute atomic E-state index is 12.1. The number of halogens is 5. The Kier molecular flexibility index (Phi) is 7.19. The van der Waals surface area contributed by atoms with Crippen molar-refractivity contribution in [1.29, 1.82) is 0 Å². The van der Waals surface area contributed by atoms with Crippen LogP contribution in [0.2, 0.25) is 0 Å². The Bertz CT molecular complexity index is 928. The number of nitrogens with one attached hydrogen (secondary N) is 1. The number of alkyl halides is 3. The molecule has 0 fully saturated rings. The second kappa shape index (κ2) is 9.22. The number of rotatable bonds is 6. The van der Waals surface area contributed by atoms with Crippen LogP contribution in [-0.2, 0) is 9.53 Å². The average molecular weight is 542 g/mol. The van der Waals surface area contributed by atoms with Crippen LogP contribution in [0.25, 0.3) is 0 Å². The van der Waals surface area contributed by atoms with Crippen LogP contribution >= 0.6 is 31.9 Å². The highest BCUT2D eigenvalue weighted by Gasteiger charge is 2.31. The second-order valence-corrected chi connectivity index (χ2v) is 6.95. The third-order valence-corrected chi connectivity index (χ3v) is 4.41. The van der Waals surface area contributed by atoms with Gasteiger partial charge in [-0.2, -0.15) is 0 Å². The number of esters is 1. The van der Waals surface area contributed by atoms with Crippen LogP contribution in [0.3, 0.4) is 0 Å². The number of non-ortho nitro benzene ring substituents is 1. The minimum atomic E-state index is -4.86. The van der Waals surface area contributed by atoms with Crippen LogP contribution in [0, 0.1) is 10.1 Å². The lowest BCUT2D eigenvalue weighted by Gasteiger charge is -2.11. The van der Waals surface area contributed by atoms with Crippen molar-refractivity contribution in [2.45, 2.75) is 6.36 Å². The summed E-state index contributed by atoms with van der Waals surface area (Å²) in [4.78, 5) is 34.0. The number of carbonyl (C=O) groups excluding carboxylic acids is 2. The first kappa shape index (κ1) is 22.6. The van der Waals surface area contributed by atoms with E-state index in [1.54, 1.807) is 0 Å². The van der Waals surface area contributed by atoms with Gasteiger partial charge >= 0.3 is 12.3 Å². The molecule has 29 heavy (non-hydrogen) atoms. The Morgan fingerprint density at radius 1 is 1.10 bits per heavy atom. The zero-order valence-corrected chi connectivity index (χ0v) is 17.1. The molecule has 0 atom stereocenters. The van der Waals surface area contributed by atoms with Crippen molar-refractivity contribution in [2.24, 2.45) is 0 Å². The topological polar surface area (TPSA) is 108 Å². The summed E-state index contributed by atoms with van der Waals surface area (Å²) < 4.78 is 45.2. The van der Waals surface area contributed by atoms with Crippen LogP contribution in [0.4, 0.5) is 24.5 Å². The quantitative estimate of drug-likeness (QED) is 0.319. The molecular formula is C16H9Br2F3N2O6. The minimum absolute atomic E-state index is 0.0926. The van der Waals surface area contributed by atoms with Gasteiger partial charge in [0.1, 0.15) is 5.75 Å². The number of amides is 1. The minimum Gasteiger partial charge on any atom is -0.452 e. The summed E-state index contributed by atoms with van der Waals surface area (Å²) >= 11 is 6.18. The lowest BCUT2D eigenvalue weighted by Crippen LogP contribution is -2.21. The first-order valence-corrected chi connectivity index (χ1v) is 9.01. The fraction of sp³-hybridized carbons (Fsp3) is 0.125. The van der Waals surface area contributed by atoms with Crippen LogP contribution in [0.5, 0.6) is 5.75 Å². The fourth-order valence-corrected chi connectivity index (χ4v) is 3.33. The molecule has 8 nitrogen and oxygen atoms in total. The highest BCUT2D eigenvalue weighted by Crippen LogP contribution is 2.35. The molecule has 13 heteroatoms. The summed E-state index contributed by atoms with van der Waals surface area (Å²) in [5.41, 5.74) is -0.124. The smallest absolute Gasteiger partial charge is 0.452 e. The molecule has 0 saturated carbocycles. The van der Waals surface area contributed by atoms with Gasteiger partial charge in [0.15, 0.2) is 6.61 Å². The van der Waals surface area contributed by atoms with Crippen LogP contribution in [-0.4, -0.2) is 29.8 Å². The van der Waals surface area contributed by atoms with E-state index in [-0.39, 0.29) is 25.9 Å². The van der Waals surface area contributed by atoms with Crippen molar-refractivity contribution < 1.29 is 37.2 Å². The molecule has 1 amide bonds. The van der Waals surface area contributed by atoms with Crippen molar-refractivity contribution in [3.63, 3.8) is 0 Å². The summed E-state index contributed by atoms with van der Waals surface area (Å²) in [6.07, 6.45) is -4.86. The van der Waals surface area contributed by atoms with E-state index < -0.39 is 35.5 Å². The number of hydrogen-bond acceptors (Lipinski definition) is 6. The van der Waals surface area contributed by atoms with E-state index in [1.807, 2.05) is 0 Å². The van der Waals surface area contributed by atoms with E-state index in [2.05, 4.69) is 41.9 Å². The molecule has 0 heterocycles. The Balaban J connectivity index is 1.95. The van der Waals surface area contributed by atoms with Crippen LogP contribution < -0.4 is 10.1 Å². The van der Waals surface area contributed by atoms with Gasteiger partial charge < -0.3 is 14.8 Å². The average Bonchev–Trinajstić information content (AvgIpc) is 2.61. The van der Waals surface area contributed by atoms with Gasteiger partial charge in [0.2, 0.25) is 0 Å². The van der Waals surface area contributed by atoms with Gasteiger partial charge in [-0.1, -0.05) is 0 Å². The van der Waals surface area contributed by atoms with Gasteiger partial charge in [0.25, 0.3) is 11.6 Å². The van der Waals surface area contributed by atoms with E-state index in [0.717, 1.165) is 24.3 Å². The number of nitro groups is 1. The molecule has 0 spiro atoms. The molecule has 0 aliphatic rings. The molecule has 1 N–H and O–H groups in total. The molecule has 0 bridgehead atoms. The molecule has 0 radical (unpaired) electrons. The molecule has 0 unspecified atom stereocenters. The van der Waals surface area contributed by atoms with Crippen LogP contribution in [0.15, 0.2) is 45.3 Å². The van der Waals surface area contributed by atoms with Gasteiger partial charge in [0.05, 0.1) is 16.2 Å². The zero-order chi connectivity index (χ0) is 21.8. The van der Waals surface area contributed by atoms with Gasteiger partial charge in [-0.3, -0.25) is 14.9 Å². The van der Waals surface area contributed by atoms with Gasteiger partial charge in [-0.05, 0) is 56.1 Å². The highest BCUT2D eigenvalue weighted by molar-refractivity contribution is 9.11. The van der Waals surface area contributed by atoms with Crippen molar-refractivity contribution in [2.75, 3.05) is 11.9 Å². The Labute approximate surface area is 177 Å². The summed E-state index contributed by atoms with van der Waals surface area (Å²) in [6, 6.07) is 6.30. The predicted octanol–water partition coefficient (Wildman–Crippen LogP) is 4.81. The maximum Gasteiger partial charge on any atom is 0.573 e. The summed E-state index contributed by atoms with van der Waals surface area (Å²) in [5, 5.41) is 13.2. The zero-order valence-electron chi connectivity index (χ0n) is 14.0. The fourth-order valence-electron chi connectivity index (χ4n) is 1.97. The normalized spacial score (nSPS) is 10.9. The molecule has 2 aromatic carbocycles. The standard InChI is InChI=1S/C16H9Br2F3N2O6/c17-11-5-9(23(26)27)6-12(18)14(11)22-13(24)7-28-15(25)8-1-3-10(4-2-8)29-16(19,20)21/h1-6H,7H2,(H,22,24). The first-order chi connectivity index (χ1) is 13.5. The number of hydrogen-bond donors (Lipinski definition) is 1. The molecular weight excluding hydrogens is 533 g/mol. The highest BCUT2D eigenvalue weighted by atomic mass is 79.9. The van der Waals surface area contributed by atoms with Crippen molar-refractivity contribution in [1.82, 2.24) is 0 Å². The molecule has 2 aromatic rings. The number of anilines is 1. The summed E-state index contributed by atoms with van der Waals surface area (Å²) in [5.74, 6) is -2.20. The molecule has 0 saturated heterocycles. The van der Waals surface area contributed by atoms with Gasteiger partial charge in [-0.15, -0.1) is 13.2 Å². The Morgan fingerprint density at radius 2 is 1.66 bits per heavy atom. The van der Waals surface area contributed by atoms with E-state index in [0.29, 0.717) is 0 Å². The number of carbonyl (C=O) groups is 2. The van der Waals surface area contributed by atoms with Crippen molar-refractivity contribution >= 4 is 55.1 Å². The lowest BCUT2D eigenvalue weighted by molar-refractivity contribution is -0.385. The Morgan fingerprint density at radius 3 is 2.14 bits per heavy atom. The molecule has 154 valence electrons. The summed E-state index contributed by atoms with van der Waals surface area (Å²) in [7, 11) is 0. The van der Waals surface area contributed by atoms with Crippen LogP contribution in [0.1, 0.15) is 10.4 Å². The van der Waals surface area contributed by atoms with Gasteiger partial charge in [-0.25, -0.2) is 4.79 Å². The van der Waals surface area contributed by atoms with E-state index in [1.165, 1.54) is 12.1 Å². The predicted molar refractivity (Wildman–Crippen MR) is 101 cm³/mol. The largest absolute Gasteiger partial charge is 0.573 e. The second-order valence-electron chi connectivity index (χ2n) is 5.24. The molecule has 0 aliphatic carbocycles. The number of benzene rings is 2. The SMILES string of the molecule is O=C(COC(=O)c1ccc(OC(F)(F)F)cc1)Nc1c(Br)cc([N+](=O)[O-])cc1Br. The van der Waals surface area contributed by atoms with E-state index in [4.69, 9.17) is 4.74 Å². The molecule has 0 aliphatic heterocycles. The van der Waals surface area contributed by atoms with E-state index >= 15 is 0 Å². The number of nitro benzene ring substituents is 1. The third kappa shape index (κ3) is 6.71. The van der Waals surface area contributed by atoms with Gasteiger partial charge in [0, 0.05) is 21.1 Å². The lowest BCUT2D eigenvalue weighted by atomic mass is 10.2. The molecule has 2 rings (SSSR count). The third-order valence-electron chi connectivity index (χ3n) is 3.16. The number of nitrogens with zero attached hydrogens (tertiary/aromatic N) is 1. The summed E-state index contributed by atoms with van der Waals surface area (Å²) in [6.45, 7) is -0.699. The van der Waals surface area contributed by atoms with E-state index in [9.17, 15) is 32.9 Å². The molecule has 0 aromatic heterocycles. The monoisotopic (exact) mass is 540 g/mol. The van der Waals surface area contributed by atoms with Crippen molar-refractivity contribution in [3.8, 4) is 5.75 Å².